The van der Waals surface area contributed by atoms with Crippen LogP contribution in [0.3, 0.4) is 0 Å². The number of esters is 1. The van der Waals surface area contributed by atoms with Crippen molar-refractivity contribution < 1.29 is 28.2 Å². The fourth-order valence-electron chi connectivity index (χ4n) is 4.03. The van der Waals surface area contributed by atoms with E-state index in [1.54, 1.807) is 36.1 Å². The van der Waals surface area contributed by atoms with Gasteiger partial charge in [0.25, 0.3) is 0 Å². The maximum atomic E-state index is 13.7. The van der Waals surface area contributed by atoms with Gasteiger partial charge < -0.3 is 20.1 Å². The number of rotatable bonds is 15. The molecular formula is C30H33ClFN5O5S. The smallest absolute Gasteiger partial charge is 0.320 e. The molecule has 0 unspecified atom stereocenters. The molecule has 0 atom stereocenters. The van der Waals surface area contributed by atoms with Crippen LogP contribution in [0.5, 0.6) is 5.75 Å². The Bertz CT molecular complexity index is 1500. The van der Waals surface area contributed by atoms with Crippen molar-refractivity contribution in [3.8, 4) is 5.75 Å². The lowest BCUT2D eigenvalue weighted by molar-refractivity contribution is -0.144. The Labute approximate surface area is 258 Å². The van der Waals surface area contributed by atoms with Gasteiger partial charge in [-0.2, -0.15) is 0 Å². The first-order valence-electron chi connectivity index (χ1n) is 13.8. The van der Waals surface area contributed by atoms with E-state index in [9.17, 15) is 18.8 Å². The molecule has 2 aromatic carbocycles. The number of hydrogen-bond donors (Lipinski definition) is 2. The third-order valence-electron chi connectivity index (χ3n) is 6.35. The number of hydrogen-bond acceptors (Lipinski definition) is 10. The number of ether oxygens (including phenoxy) is 2. The second kappa shape index (κ2) is 15.6. The standard InChI is InChI=1S/C30H33ClFN5O5S/c1-3-41-29(40)16-37(11-12-43-19(2)38)10-4-5-28(39)36-26-14-22-25(15-27(26)42-17-20-6-7-20)33-18-34-30(22)35-21-8-9-24(32)23(31)13-21/h4-5,8-9,13-15,18,20H,3,6-7,10-12,16-17H2,1-2H3,(H,36,39)(H,33,34,35)/b5-4+. The van der Waals surface area contributed by atoms with Crippen molar-refractivity contribution >= 4 is 68.5 Å². The highest BCUT2D eigenvalue weighted by atomic mass is 35.5. The lowest BCUT2D eigenvalue weighted by atomic mass is 10.1. The molecule has 3 aromatic rings. The van der Waals surface area contributed by atoms with Gasteiger partial charge in [0.05, 0.1) is 36.0 Å². The van der Waals surface area contributed by atoms with Crippen molar-refractivity contribution in [1.29, 1.82) is 0 Å². The number of anilines is 3. The van der Waals surface area contributed by atoms with Crippen LogP contribution in [0.4, 0.5) is 21.6 Å². The van der Waals surface area contributed by atoms with Crippen LogP contribution in [-0.2, 0) is 19.1 Å². The molecule has 1 aliphatic rings. The molecule has 1 aromatic heterocycles. The number of carbonyl (C=O) groups excluding carboxylic acids is 3. The largest absolute Gasteiger partial charge is 0.491 e. The molecule has 4 rings (SSSR count). The van der Waals surface area contributed by atoms with E-state index in [4.69, 9.17) is 21.1 Å². The summed E-state index contributed by atoms with van der Waals surface area (Å²) in [5.74, 6) is 0.589. The van der Waals surface area contributed by atoms with Gasteiger partial charge in [-0.05, 0) is 49.9 Å². The zero-order valence-electron chi connectivity index (χ0n) is 23.9. The summed E-state index contributed by atoms with van der Waals surface area (Å²) >= 11 is 7.11. The number of amides is 1. The highest BCUT2D eigenvalue weighted by Crippen LogP contribution is 2.36. The van der Waals surface area contributed by atoms with E-state index in [0.29, 0.717) is 65.2 Å². The molecule has 228 valence electrons. The van der Waals surface area contributed by atoms with E-state index in [1.807, 2.05) is 0 Å². The van der Waals surface area contributed by atoms with Gasteiger partial charge in [-0.3, -0.25) is 19.3 Å². The van der Waals surface area contributed by atoms with Gasteiger partial charge in [-0.25, -0.2) is 14.4 Å². The molecule has 1 saturated carbocycles. The van der Waals surface area contributed by atoms with Gasteiger partial charge in [-0.1, -0.05) is 29.4 Å². The zero-order valence-corrected chi connectivity index (χ0v) is 25.5. The van der Waals surface area contributed by atoms with Gasteiger partial charge in [-0.15, -0.1) is 0 Å². The molecule has 43 heavy (non-hydrogen) atoms. The third kappa shape index (κ3) is 10.2. The second-order valence-corrected chi connectivity index (χ2v) is 11.5. The molecule has 2 N–H and O–H groups in total. The molecule has 1 fully saturated rings. The van der Waals surface area contributed by atoms with Crippen LogP contribution >= 0.6 is 23.4 Å². The van der Waals surface area contributed by atoms with Crippen molar-refractivity contribution in [2.45, 2.75) is 26.7 Å². The number of aromatic nitrogens is 2. The molecule has 0 aliphatic heterocycles. The topological polar surface area (TPSA) is 123 Å². The summed E-state index contributed by atoms with van der Waals surface area (Å²) in [6.07, 6.45) is 6.63. The first kappa shape index (κ1) is 32.2. The summed E-state index contributed by atoms with van der Waals surface area (Å²) in [7, 11) is 0. The summed E-state index contributed by atoms with van der Waals surface area (Å²) in [6, 6.07) is 7.72. The van der Waals surface area contributed by atoms with Crippen LogP contribution < -0.4 is 15.4 Å². The Balaban J connectivity index is 1.51. The second-order valence-electron chi connectivity index (χ2n) is 9.87. The fraction of sp³-hybridized carbons (Fsp3) is 0.367. The summed E-state index contributed by atoms with van der Waals surface area (Å²) < 4.78 is 24.8. The molecule has 13 heteroatoms. The predicted octanol–water partition coefficient (Wildman–Crippen LogP) is 5.59. The van der Waals surface area contributed by atoms with Crippen molar-refractivity contribution in [3.63, 3.8) is 0 Å². The fourth-order valence-corrected chi connectivity index (χ4v) is 4.85. The van der Waals surface area contributed by atoms with Gasteiger partial charge in [0.2, 0.25) is 5.91 Å². The van der Waals surface area contributed by atoms with E-state index in [1.165, 1.54) is 43.2 Å². The number of halogens is 2. The van der Waals surface area contributed by atoms with E-state index in [0.717, 1.165) is 12.8 Å². The van der Waals surface area contributed by atoms with Gasteiger partial charge >= 0.3 is 5.97 Å². The van der Waals surface area contributed by atoms with Crippen LogP contribution in [0.25, 0.3) is 10.9 Å². The van der Waals surface area contributed by atoms with Crippen LogP contribution in [0.2, 0.25) is 5.02 Å². The highest BCUT2D eigenvalue weighted by molar-refractivity contribution is 8.13. The quantitative estimate of drug-likeness (QED) is 0.162. The van der Waals surface area contributed by atoms with Crippen LogP contribution in [0.15, 0.2) is 48.8 Å². The lowest BCUT2D eigenvalue weighted by Crippen LogP contribution is -2.33. The molecule has 0 bridgehead atoms. The minimum absolute atomic E-state index is 0.00804. The summed E-state index contributed by atoms with van der Waals surface area (Å²) in [4.78, 5) is 46.8. The van der Waals surface area contributed by atoms with Crippen molar-refractivity contribution in [1.82, 2.24) is 14.9 Å². The van der Waals surface area contributed by atoms with Crippen molar-refractivity contribution in [2.75, 3.05) is 49.2 Å². The Morgan fingerprint density at radius 3 is 2.74 bits per heavy atom. The molecular weight excluding hydrogens is 597 g/mol. The average molecular weight is 630 g/mol. The van der Waals surface area contributed by atoms with Crippen LogP contribution in [0, 0.1) is 11.7 Å². The maximum Gasteiger partial charge on any atom is 0.320 e. The Hall–Kier alpha value is -3.74. The Morgan fingerprint density at radius 2 is 2.02 bits per heavy atom. The molecule has 10 nitrogen and oxygen atoms in total. The maximum absolute atomic E-state index is 13.7. The number of benzene rings is 2. The average Bonchev–Trinajstić information content (AvgIpc) is 3.79. The van der Waals surface area contributed by atoms with E-state index >= 15 is 0 Å². The van der Waals surface area contributed by atoms with Gasteiger partial charge in [0.15, 0.2) is 5.12 Å². The first-order valence-corrected chi connectivity index (χ1v) is 15.2. The number of fused-ring (bicyclic) bond motifs is 1. The van der Waals surface area contributed by atoms with Gasteiger partial charge in [0, 0.05) is 49.0 Å². The zero-order chi connectivity index (χ0) is 30.8. The minimum Gasteiger partial charge on any atom is -0.491 e. The minimum atomic E-state index is -0.533. The number of thioether (sulfide) groups is 1. The monoisotopic (exact) mass is 629 g/mol. The highest BCUT2D eigenvalue weighted by Gasteiger charge is 2.23. The number of carbonyl (C=O) groups is 3. The van der Waals surface area contributed by atoms with Crippen molar-refractivity contribution in [2.24, 2.45) is 5.92 Å². The molecule has 1 amide bonds. The van der Waals surface area contributed by atoms with E-state index in [2.05, 4.69) is 20.6 Å². The number of nitrogens with one attached hydrogen (secondary N) is 2. The molecule has 0 spiro atoms. The van der Waals surface area contributed by atoms with Crippen LogP contribution in [0.1, 0.15) is 26.7 Å². The normalized spacial score (nSPS) is 13.0. The Morgan fingerprint density at radius 1 is 1.21 bits per heavy atom. The Kier molecular flexibility index (Phi) is 11.7. The number of nitrogens with zero attached hydrogens (tertiary/aromatic N) is 3. The van der Waals surface area contributed by atoms with E-state index < -0.39 is 11.7 Å². The summed E-state index contributed by atoms with van der Waals surface area (Å²) in [5.41, 5.74) is 1.55. The lowest BCUT2D eigenvalue weighted by Gasteiger charge is -2.19. The summed E-state index contributed by atoms with van der Waals surface area (Å²) in [5, 5.41) is 6.58. The van der Waals surface area contributed by atoms with Gasteiger partial charge in [0.1, 0.15) is 23.7 Å². The third-order valence-corrected chi connectivity index (χ3v) is 7.43. The molecule has 0 saturated heterocycles. The first-order chi connectivity index (χ1) is 20.7. The molecule has 1 aliphatic carbocycles. The summed E-state index contributed by atoms with van der Waals surface area (Å²) in [6.45, 7) is 4.82. The van der Waals surface area contributed by atoms with Crippen LogP contribution in [-0.4, -0.2) is 70.5 Å². The molecule has 0 radical (unpaired) electrons. The van der Waals surface area contributed by atoms with E-state index in [-0.39, 0.29) is 29.3 Å². The SMILES string of the molecule is CCOC(=O)CN(C/C=C/C(=O)Nc1cc2c(Nc3ccc(F)c(Cl)c3)ncnc2cc1OCC1CC1)CCSC(C)=O. The van der Waals surface area contributed by atoms with Crippen molar-refractivity contribution in [3.05, 3.63) is 59.7 Å². The molecule has 1 heterocycles. The predicted molar refractivity (Wildman–Crippen MR) is 166 cm³/mol.